The van der Waals surface area contributed by atoms with Gasteiger partial charge in [0, 0.05) is 58.3 Å². The van der Waals surface area contributed by atoms with Crippen molar-refractivity contribution < 1.29 is 42.1 Å². The van der Waals surface area contributed by atoms with Gasteiger partial charge < -0.3 is 34.8 Å². The molecule has 0 rings (SSSR count). The van der Waals surface area contributed by atoms with Crippen molar-refractivity contribution in [1.29, 1.82) is 0 Å². The van der Waals surface area contributed by atoms with Crippen molar-refractivity contribution in [3.05, 3.63) is 0 Å². The molecule has 0 radical (unpaired) electrons. The zero-order valence-corrected chi connectivity index (χ0v) is 30.7. The normalized spacial score (nSPS) is 16.2. The van der Waals surface area contributed by atoms with Gasteiger partial charge in [0.25, 0.3) is 0 Å². The minimum absolute atomic E-state index is 0.214. The van der Waals surface area contributed by atoms with E-state index in [9.17, 15) is 15.3 Å². The van der Waals surface area contributed by atoms with Crippen molar-refractivity contribution in [2.75, 3.05) is 99.4 Å². The van der Waals surface area contributed by atoms with E-state index in [-0.39, 0.29) is 19.8 Å². The van der Waals surface area contributed by atoms with Crippen LogP contribution in [0.15, 0.2) is 0 Å². The smallest absolute Gasteiger partial charge is 0.0900 e. The van der Waals surface area contributed by atoms with Gasteiger partial charge >= 0.3 is 0 Å². The Labute approximate surface area is 277 Å². The average Bonchev–Trinajstić information content (AvgIpc) is 3.04. The zero-order chi connectivity index (χ0) is 33.8. The molecule has 0 aromatic rings. The van der Waals surface area contributed by atoms with Crippen LogP contribution in [0.2, 0.25) is 0 Å². The van der Waals surface area contributed by atoms with E-state index in [1.165, 1.54) is 25.7 Å². The number of rotatable bonds is 34. The average molecular weight is 673 g/mol. The number of aliphatic hydroxyl groups is 3. The third-order valence-electron chi connectivity index (χ3n) is 8.09. The number of nitrogens with one attached hydrogen (secondary N) is 1. The molecule has 0 aromatic carbocycles. The maximum absolute atomic E-state index is 10.8. The van der Waals surface area contributed by atoms with Gasteiger partial charge in [0.15, 0.2) is 0 Å². The third kappa shape index (κ3) is 23.8. The quantitative estimate of drug-likeness (QED) is 0.0729. The highest BCUT2D eigenvalue weighted by atomic mass is 32.3. The lowest BCUT2D eigenvalue weighted by Crippen LogP contribution is -2.44. The Balaban J connectivity index is 4.67. The van der Waals surface area contributed by atoms with E-state index < -0.39 is 29.2 Å². The first-order chi connectivity index (χ1) is 21.7. The van der Waals surface area contributed by atoms with Crippen molar-refractivity contribution in [2.24, 2.45) is 11.8 Å². The summed E-state index contributed by atoms with van der Waals surface area (Å²) in [6.45, 7) is 13.6. The topological polar surface area (TPSA) is 131 Å². The lowest BCUT2D eigenvalue weighted by molar-refractivity contribution is -0.0204. The summed E-state index contributed by atoms with van der Waals surface area (Å²) in [5.74, 6) is 1.63. The SMILES string of the molecule is CCCCC(CC)COCC(O)CN(CCNCC(O)COCCCS(OC)(OC)OC)CC(O)COCC(CC)CCCC. The molecule has 45 heavy (non-hydrogen) atoms. The summed E-state index contributed by atoms with van der Waals surface area (Å²) in [5.41, 5.74) is 0. The van der Waals surface area contributed by atoms with Gasteiger partial charge in [-0.2, -0.15) is 0 Å². The van der Waals surface area contributed by atoms with Crippen LogP contribution in [0.1, 0.15) is 85.5 Å². The van der Waals surface area contributed by atoms with Crippen molar-refractivity contribution in [3.8, 4) is 0 Å². The zero-order valence-electron chi connectivity index (χ0n) is 29.9. The minimum atomic E-state index is -1.99. The molecule has 0 saturated heterocycles. The molecule has 0 aliphatic rings. The number of ether oxygens (including phenoxy) is 3. The Morgan fingerprint density at radius 1 is 0.644 bits per heavy atom. The first kappa shape index (κ1) is 44.9. The highest BCUT2D eigenvalue weighted by Crippen LogP contribution is 2.49. The molecule has 0 aromatic heterocycles. The number of hydrogen-bond acceptors (Lipinski definition) is 11. The van der Waals surface area contributed by atoms with Gasteiger partial charge in [-0.25, -0.2) is 0 Å². The third-order valence-corrected chi connectivity index (χ3v) is 10.4. The fourth-order valence-electron chi connectivity index (χ4n) is 5.07. The first-order valence-corrected chi connectivity index (χ1v) is 19.0. The Morgan fingerprint density at radius 2 is 1.13 bits per heavy atom. The van der Waals surface area contributed by atoms with Crippen LogP contribution < -0.4 is 5.32 Å². The van der Waals surface area contributed by atoms with Gasteiger partial charge in [-0.05, 0) is 31.1 Å². The van der Waals surface area contributed by atoms with E-state index in [0.29, 0.717) is 76.6 Å². The second-order valence-electron chi connectivity index (χ2n) is 12.0. The largest absolute Gasteiger partial charge is 0.389 e. The number of unbranched alkanes of at least 4 members (excludes halogenated alkanes) is 2. The van der Waals surface area contributed by atoms with E-state index in [4.69, 9.17) is 26.8 Å². The molecule has 5 atom stereocenters. The fraction of sp³-hybridized carbons (Fsp3) is 1.00. The molecule has 0 aliphatic heterocycles. The predicted molar refractivity (Wildman–Crippen MR) is 185 cm³/mol. The summed E-state index contributed by atoms with van der Waals surface area (Å²) >= 11 is 0. The van der Waals surface area contributed by atoms with Crippen LogP contribution >= 0.6 is 10.9 Å². The standard InChI is InChI=1S/C33H72N2O9S/c1-8-12-15-29(10-3)24-43-27-32(37)22-35(23-33(38)28-44-25-30(11-4)16-13-9-2)18-17-34-21-31(36)26-42-19-14-20-45(39-5,40-6)41-7/h29-34,36-38H,8-28H2,1-7H3. The minimum Gasteiger partial charge on any atom is -0.389 e. The Bertz CT molecular complexity index is 599. The summed E-state index contributed by atoms with van der Waals surface area (Å²) in [4.78, 5) is 2.04. The molecule has 0 bridgehead atoms. The molecule has 0 spiro atoms. The lowest BCUT2D eigenvalue weighted by atomic mass is 10.0. The molecule has 0 fully saturated rings. The molecular weight excluding hydrogens is 600 g/mol. The Hall–Kier alpha value is -0.0900. The van der Waals surface area contributed by atoms with Crippen molar-refractivity contribution in [2.45, 2.75) is 104 Å². The molecule has 0 heterocycles. The summed E-state index contributed by atoms with van der Waals surface area (Å²) in [7, 11) is 2.71. The van der Waals surface area contributed by atoms with E-state index in [1.807, 2.05) is 4.90 Å². The first-order valence-electron chi connectivity index (χ1n) is 17.4. The second-order valence-corrected chi connectivity index (χ2v) is 14.5. The Kier molecular flexibility index (Phi) is 29.9. The van der Waals surface area contributed by atoms with E-state index in [1.54, 1.807) is 21.3 Å². The van der Waals surface area contributed by atoms with Gasteiger partial charge in [-0.1, -0.05) is 66.2 Å². The van der Waals surface area contributed by atoms with Crippen LogP contribution in [0, 0.1) is 11.8 Å². The molecule has 0 aliphatic carbocycles. The van der Waals surface area contributed by atoms with Gasteiger partial charge in [-0.3, -0.25) is 17.4 Å². The summed E-state index contributed by atoms with van der Waals surface area (Å²) in [6, 6.07) is 0. The van der Waals surface area contributed by atoms with Crippen molar-refractivity contribution in [1.82, 2.24) is 10.2 Å². The van der Waals surface area contributed by atoms with Crippen molar-refractivity contribution in [3.63, 3.8) is 0 Å². The summed E-state index contributed by atoms with van der Waals surface area (Å²) in [5, 5.41) is 35.1. The van der Waals surface area contributed by atoms with Crippen molar-refractivity contribution >= 4 is 10.9 Å². The highest BCUT2D eigenvalue weighted by molar-refractivity contribution is 8.21. The van der Waals surface area contributed by atoms with Gasteiger partial charge in [0.05, 0.1) is 70.3 Å². The summed E-state index contributed by atoms with van der Waals surface area (Å²) in [6.07, 6.45) is 7.92. The summed E-state index contributed by atoms with van der Waals surface area (Å²) < 4.78 is 33.5. The highest BCUT2D eigenvalue weighted by Gasteiger charge is 2.22. The van der Waals surface area contributed by atoms with E-state index >= 15 is 0 Å². The van der Waals surface area contributed by atoms with Crippen LogP contribution in [-0.4, -0.2) is 138 Å². The van der Waals surface area contributed by atoms with Crippen LogP contribution in [0.5, 0.6) is 0 Å². The van der Waals surface area contributed by atoms with Gasteiger partial charge in [0.1, 0.15) is 0 Å². The van der Waals surface area contributed by atoms with Crippen LogP contribution in [0.3, 0.4) is 0 Å². The Morgan fingerprint density at radius 3 is 1.58 bits per heavy atom. The molecule has 0 amide bonds. The van der Waals surface area contributed by atoms with Crippen LogP contribution in [-0.2, 0) is 26.8 Å². The molecule has 12 heteroatoms. The molecule has 11 nitrogen and oxygen atoms in total. The molecule has 4 N–H and O–H groups in total. The number of nitrogens with zero attached hydrogens (tertiary/aromatic N) is 1. The predicted octanol–water partition coefficient (Wildman–Crippen LogP) is 4.32. The van der Waals surface area contributed by atoms with E-state index in [0.717, 1.165) is 25.7 Å². The molecule has 0 saturated carbocycles. The van der Waals surface area contributed by atoms with Gasteiger partial charge in [-0.15, -0.1) is 0 Å². The lowest BCUT2D eigenvalue weighted by Gasteiger charge is -2.33. The molecular formula is C33H72N2O9S. The molecule has 5 unspecified atom stereocenters. The monoisotopic (exact) mass is 672 g/mol. The number of hydrogen-bond donors (Lipinski definition) is 4. The maximum Gasteiger partial charge on any atom is 0.0900 e. The second kappa shape index (κ2) is 30.0. The van der Waals surface area contributed by atoms with Gasteiger partial charge in [0.2, 0.25) is 0 Å². The fourth-order valence-corrected chi connectivity index (χ4v) is 6.45. The maximum atomic E-state index is 10.8. The van der Waals surface area contributed by atoms with Crippen LogP contribution in [0.25, 0.3) is 0 Å². The number of aliphatic hydroxyl groups excluding tert-OH is 3. The van der Waals surface area contributed by atoms with E-state index in [2.05, 4.69) is 33.0 Å². The molecule has 274 valence electrons. The van der Waals surface area contributed by atoms with Crippen LogP contribution in [0.4, 0.5) is 0 Å².